The lowest BCUT2D eigenvalue weighted by Gasteiger charge is -2.28. The molecule has 1 atom stereocenters. The molecular formula is C11H15FN2O3S. The smallest absolute Gasteiger partial charge is 0.241 e. The molecule has 1 aromatic rings. The Morgan fingerprint density at radius 2 is 1.89 bits per heavy atom. The fourth-order valence-electron chi connectivity index (χ4n) is 1.67. The van der Waals surface area contributed by atoms with Gasteiger partial charge >= 0.3 is 0 Å². The minimum atomic E-state index is -3.68. The topological polar surface area (TPSA) is 80.5 Å². The molecule has 0 spiro atoms. The van der Waals surface area contributed by atoms with Gasteiger partial charge in [-0.3, -0.25) is 9.10 Å². The summed E-state index contributed by atoms with van der Waals surface area (Å²) < 4.78 is 37.2. The van der Waals surface area contributed by atoms with Crippen molar-refractivity contribution in [1.29, 1.82) is 0 Å². The number of primary amides is 1. The third-order valence-electron chi connectivity index (χ3n) is 2.44. The van der Waals surface area contributed by atoms with Crippen LogP contribution in [0.15, 0.2) is 24.3 Å². The Balaban J connectivity index is 3.30. The Morgan fingerprint density at radius 3 is 2.22 bits per heavy atom. The van der Waals surface area contributed by atoms with Gasteiger partial charge in [0.15, 0.2) is 0 Å². The molecular weight excluding hydrogens is 259 g/mol. The molecule has 100 valence electrons. The molecule has 0 saturated carbocycles. The first-order valence-electron chi connectivity index (χ1n) is 5.31. The van der Waals surface area contributed by atoms with E-state index in [1.165, 1.54) is 12.1 Å². The van der Waals surface area contributed by atoms with Crippen molar-refractivity contribution in [3.05, 3.63) is 30.1 Å². The van der Waals surface area contributed by atoms with E-state index in [9.17, 15) is 17.6 Å². The van der Waals surface area contributed by atoms with E-state index in [1.807, 2.05) is 0 Å². The number of benzene rings is 1. The number of carbonyl (C=O) groups is 1. The molecule has 1 rings (SSSR count). The molecule has 2 N–H and O–H groups in total. The maximum absolute atomic E-state index is 12.8. The van der Waals surface area contributed by atoms with Gasteiger partial charge in [-0.25, -0.2) is 12.8 Å². The molecule has 0 aliphatic heterocycles. The quantitative estimate of drug-likeness (QED) is 0.864. The zero-order valence-corrected chi connectivity index (χ0v) is 10.9. The standard InChI is InChI=1S/C11H15FN2O3S/c1-3-10(11(13)15)14(18(2,16)17)9-6-4-8(12)5-7-9/h4-7,10H,3H2,1-2H3,(H2,13,15)/t10-/m1/s1. The van der Waals surface area contributed by atoms with Crippen LogP contribution in [0.5, 0.6) is 0 Å². The van der Waals surface area contributed by atoms with Crippen LogP contribution in [0.1, 0.15) is 13.3 Å². The minimum absolute atomic E-state index is 0.213. The van der Waals surface area contributed by atoms with Gasteiger partial charge in [-0.05, 0) is 30.7 Å². The third-order valence-corrected chi connectivity index (χ3v) is 3.62. The van der Waals surface area contributed by atoms with Gasteiger partial charge in [0.2, 0.25) is 15.9 Å². The van der Waals surface area contributed by atoms with Crippen LogP contribution >= 0.6 is 0 Å². The highest BCUT2D eigenvalue weighted by molar-refractivity contribution is 7.92. The Hall–Kier alpha value is -1.63. The first kappa shape index (κ1) is 14.4. The van der Waals surface area contributed by atoms with E-state index in [1.54, 1.807) is 6.92 Å². The minimum Gasteiger partial charge on any atom is -0.368 e. The Bertz CT molecular complexity index is 528. The van der Waals surface area contributed by atoms with Gasteiger partial charge in [0, 0.05) is 0 Å². The van der Waals surface area contributed by atoms with Crippen molar-refractivity contribution in [3.8, 4) is 0 Å². The molecule has 0 aromatic heterocycles. The summed E-state index contributed by atoms with van der Waals surface area (Å²) in [6, 6.07) is 3.86. The van der Waals surface area contributed by atoms with Crippen molar-refractivity contribution in [1.82, 2.24) is 0 Å². The average molecular weight is 274 g/mol. The van der Waals surface area contributed by atoms with Gasteiger partial charge in [-0.2, -0.15) is 0 Å². The Labute approximate surface area is 105 Å². The number of hydrogen-bond acceptors (Lipinski definition) is 3. The number of rotatable bonds is 5. The number of nitrogens with two attached hydrogens (primary N) is 1. The van der Waals surface area contributed by atoms with Gasteiger partial charge in [-0.1, -0.05) is 6.92 Å². The Morgan fingerprint density at radius 1 is 1.39 bits per heavy atom. The summed E-state index contributed by atoms with van der Waals surface area (Å²) in [5.74, 6) is -1.23. The maximum Gasteiger partial charge on any atom is 0.241 e. The van der Waals surface area contributed by atoms with Crippen molar-refractivity contribution in [2.45, 2.75) is 19.4 Å². The van der Waals surface area contributed by atoms with Crippen LogP contribution in [0.2, 0.25) is 0 Å². The maximum atomic E-state index is 12.8. The van der Waals surface area contributed by atoms with Crippen molar-refractivity contribution in [2.24, 2.45) is 5.73 Å². The van der Waals surface area contributed by atoms with Crippen molar-refractivity contribution >= 4 is 21.6 Å². The molecule has 0 radical (unpaired) electrons. The molecule has 1 amide bonds. The fourth-order valence-corrected chi connectivity index (χ4v) is 2.89. The number of anilines is 1. The SMILES string of the molecule is CC[C@H](C(N)=O)N(c1ccc(F)cc1)S(C)(=O)=O. The summed E-state index contributed by atoms with van der Waals surface area (Å²) >= 11 is 0. The summed E-state index contributed by atoms with van der Waals surface area (Å²) in [5.41, 5.74) is 5.41. The summed E-state index contributed by atoms with van der Waals surface area (Å²) in [4.78, 5) is 11.3. The number of halogens is 1. The van der Waals surface area contributed by atoms with E-state index in [2.05, 4.69) is 0 Å². The molecule has 7 heteroatoms. The average Bonchev–Trinajstić information content (AvgIpc) is 2.25. The highest BCUT2D eigenvalue weighted by Gasteiger charge is 2.29. The molecule has 0 bridgehead atoms. The van der Waals surface area contributed by atoms with E-state index < -0.39 is 27.8 Å². The molecule has 0 aliphatic rings. The molecule has 5 nitrogen and oxygen atoms in total. The van der Waals surface area contributed by atoms with E-state index in [0.717, 1.165) is 22.7 Å². The summed E-state index contributed by atoms with van der Waals surface area (Å²) in [6.45, 7) is 1.65. The summed E-state index contributed by atoms with van der Waals surface area (Å²) in [5, 5.41) is 0. The van der Waals surface area contributed by atoms with Crippen molar-refractivity contribution in [3.63, 3.8) is 0 Å². The van der Waals surface area contributed by atoms with Crippen LogP contribution in [0.25, 0.3) is 0 Å². The molecule has 1 aromatic carbocycles. The van der Waals surface area contributed by atoms with Crippen LogP contribution < -0.4 is 10.0 Å². The number of carbonyl (C=O) groups excluding carboxylic acids is 1. The monoisotopic (exact) mass is 274 g/mol. The zero-order chi connectivity index (χ0) is 13.9. The predicted molar refractivity (Wildman–Crippen MR) is 67.0 cm³/mol. The predicted octanol–water partition coefficient (Wildman–Crippen LogP) is 0.856. The number of hydrogen-bond donors (Lipinski definition) is 1. The van der Waals surface area contributed by atoms with Crippen LogP contribution in [-0.2, 0) is 14.8 Å². The molecule has 0 aliphatic carbocycles. The van der Waals surface area contributed by atoms with E-state index in [0.29, 0.717) is 0 Å². The molecule has 0 unspecified atom stereocenters. The molecule has 0 heterocycles. The number of sulfonamides is 1. The van der Waals surface area contributed by atoms with Gasteiger partial charge in [0.25, 0.3) is 0 Å². The van der Waals surface area contributed by atoms with Gasteiger partial charge in [0.1, 0.15) is 11.9 Å². The molecule has 18 heavy (non-hydrogen) atoms. The lowest BCUT2D eigenvalue weighted by atomic mass is 10.2. The second kappa shape index (κ2) is 5.34. The normalized spacial score (nSPS) is 13.1. The van der Waals surface area contributed by atoms with Gasteiger partial charge in [0.05, 0.1) is 11.9 Å². The lowest BCUT2D eigenvalue weighted by molar-refractivity contribution is -0.119. The van der Waals surface area contributed by atoms with Gasteiger partial charge in [-0.15, -0.1) is 0 Å². The van der Waals surface area contributed by atoms with Crippen molar-refractivity contribution in [2.75, 3.05) is 10.6 Å². The van der Waals surface area contributed by atoms with E-state index >= 15 is 0 Å². The number of amides is 1. The first-order valence-corrected chi connectivity index (χ1v) is 7.16. The summed E-state index contributed by atoms with van der Waals surface area (Å²) in [6.07, 6.45) is 1.21. The zero-order valence-electron chi connectivity index (χ0n) is 10.1. The fraction of sp³-hybridized carbons (Fsp3) is 0.364. The summed E-state index contributed by atoms with van der Waals surface area (Å²) in [7, 11) is -3.68. The van der Waals surface area contributed by atoms with Crippen LogP contribution in [0.4, 0.5) is 10.1 Å². The second-order valence-corrected chi connectivity index (χ2v) is 5.72. The molecule has 0 fully saturated rings. The largest absolute Gasteiger partial charge is 0.368 e. The number of nitrogens with zero attached hydrogens (tertiary/aromatic N) is 1. The first-order chi connectivity index (χ1) is 8.27. The molecule has 0 saturated heterocycles. The van der Waals surface area contributed by atoms with Gasteiger partial charge < -0.3 is 5.73 Å². The van der Waals surface area contributed by atoms with E-state index in [4.69, 9.17) is 5.73 Å². The highest BCUT2D eigenvalue weighted by atomic mass is 32.2. The van der Waals surface area contributed by atoms with Crippen molar-refractivity contribution < 1.29 is 17.6 Å². The van der Waals surface area contributed by atoms with E-state index in [-0.39, 0.29) is 12.1 Å². The third kappa shape index (κ3) is 3.19. The van der Waals surface area contributed by atoms with Crippen LogP contribution in [-0.4, -0.2) is 26.6 Å². The van der Waals surface area contributed by atoms with Crippen LogP contribution in [0, 0.1) is 5.82 Å². The second-order valence-electron chi connectivity index (χ2n) is 3.86. The Kier molecular flexibility index (Phi) is 4.28. The lowest BCUT2D eigenvalue weighted by Crippen LogP contribution is -2.47. The van der Waals surface area contributed by atoms with Crippen LogP contribution in [0.3, 0.4) is 0 Å². The highest BCUT2D eigenvalue weighted by Crippen LogP contribution is 2.22.